The Morgan fingerprint density at radius 1 is 1.36 bits per heavy atom. The molecular weight excluding hydrogens is 330 g/mol. The van der Waals surface area contributed by atoms with E-state index in [0.29, 0.717) is 29.8 Å². The molecule has 0 unspecified atom stereocenters. The van der Waals surface area contributed by atoms with Crippen LogP contribution in [0.5, 0.6) is 0 Å². The van der Waals surface area contributed by atoms with E-state index in [4.69, 9.17) is 10.5 Å². The van der Waals surface area contributed by atoms with E-state index < -0.39 is 23.6 Å². The highest BCUT2D eigenvalue weighted by atomic mass is 19.1. The number of nitrogens with zero attached hydrogens (tertiary/aromatic N) is 2. The molecule has 0 radical (unpaired) electrons. The lowest BCUT2D eigenvalue weighted by atomic mass is 10.00. The number of pyridine rings is 1. The summed E-state index contributed by atoms with van der Waals surface area (Å²) in [5, 5.41) is 2.63. The number of hydrogen-bond acceptors (Lipinski definition) is 5. The van der Waals surface area contributed by atoms with Gasteiger partial charge in [0.2, 0.25) is 0 Å². The number of benzene rings is 1. The van der Waals surface area contributed by atoms with Crippen LogP contribution in [0.2, 0.25) is 0 Å². The highest BCUT2D eigenvalue weighted by Gasteiger charge is 2.22. The Morgan fingerprint density at radius 3 is 2.84 bits per heavy atom. The van der Waals surface area contributed by atoms with Crippen molar-refractivity contribution in [3.05, 3.63) is 58.9 Å². The first-order chi connectivity index (χ1) is 11.9. The Morgan fingerprint density at radius 2 is 2.16 bits per heavy atom. The van der Waals surface area contributed by atoms with Gasteiger partial charge in [-0.3, -0.25) is 4.79 Å². The van der Waals surface area contributed by atoms with Crippen LogP contribution < -0.4 is 11.1 Å². The molecule has 0 spiro atoms. The Balaban J connectivity index is 1.88. The van der Waals surface area contributed by atoms with Crippen molar-refractivity contribution in [2.45, 2.75) is 19.4 Å². The molecule has 0 fully saturated rings. The van der Waals surface area contributed by atoms with Gasteiger partial charge in [0.05, 0.1) is 18.8 Å². The normalized spacial score (nSPS) is 16.8. The van der Waals surface area contributed by atoms with Crippen LogP contribution in [0, 0.1) is 18.6 Å². The van der Waals surface area contributed by atoms with Crippen molar-refractivity contribution >= 4 is 17.6 Å². The molecule has 1 atom stereocenters. The third kappa shape index (κ3) is 3.73. The molecule has 0 bridgehead atoms. The van der Waals surface area contributed by atoms with Gasteiger partial charge in [-0.1, -0.05) is 0 Å². The monoisotopic (exact) mass is 346 g/mol. The van der Waals surface area contributed by atoms with Crippen molar-refractivity contribution < 1.29 is 18.3 Å². The number of nitrogens with two attached hydrogens (primary N) is 1. The van der Waals surface area contributed by atoms with Crippen LogP contribution in [0.15, 0.2) is 35.5 Å². The molecule has 1 aliphatic heterocycles. The molecule has 8 heteroatoms. The molecule has 25 heavy (non-hydrogen) atoms. The zero-order valence-electron chi connectivity index (χ0n) is 13.4. The summed E-state index contributed by atoms with van der Waals surface area (Å²) >= 11 is 0. The molecule has 2 aromatic rings. The van der Waals surface area contributed by atoms with E-state index in [1.807, 2.05) is 0 Å². The number of carbonyl (C=O) groups excluding carboxylic acids is 1. The second-order valence-electron chi connectivity index (χ2n) is 5.63. The van der Waals surface area contributed by atoms with Crippen molar-refractivity contribution in [2.75, 3.05) is 11.9 Å². The first-order valence-corrected chi connectivity index (χ1v) is 7.63. The maximum Gasteiger partial charge on any atom is 0.282 e. The quantitative estimate of drug-likeness (QED) is 0.894. The van der Waals surface area contributed by atoms with Crippen molar-refractivity contribution in [1.29, 1.82) is 0 Å². The number of amidine groups is 1. The molecule has 3 rings (SSSR count). The van der Waals surface area contributed by atoms with Gasteiger partial charge in [0, 0.05) is 17.7 Å². The highest BCUT2D eigenvalue weighted by molar-refractivity contribution is 6.02. The van der Waals surface area contributed by atoms with Crippen molar-refractivity contribution in [2.24, 2.45) is 10.7 Å². The van der Waals surface area contributed by atoms with E-state index in [9.17, 15) is 13.6 Å². The number of aryl methyl sites for hydroxylation is 1. The van der Waals surface area contributed by atoms with E-state index >= 15 is 0 Å². The maximum atomic E-state index is 14.5. The van der Waals surface area contributed by atoms with Crippen LogP contribution in [0.4, 0.5) is 14.5 Å². The molecule has 3 N–H and O–H groups in total. The van der Waals surface area contributed by atoms with Crippen LogP contribution >= 0.6 is 0 Å². The average Bonchev–Trinajstić information content (AvgIpc) is 2.58. The lowest BCUT2D eigenvalue weighted by molar-refractivity contribution is 0.102. The van der Waals surface area contributed by atoms with E-state index in [1.54, 1.807) is 6.92 Å². The molecule has 0 saturated heterocycles. The summed E-state index contributed by atoms with van der Waals surface area (Å²) in [4.78, 5) is 20.0. The first kappa shape index (κ1) is 16.8. The number of amides is 1. The zero-order chi connectivity index (χ0) is 18.0. The Bertz CT molecular complexity index is 837. The molecule has 0 saturated carbocycles. The minimum absolute atomic E-state index is 0.0123. The summed E-state index contributed by atoms with van der Waals surface area (Å²) in [6, 6.07) is 4.96. The van der Waals surface area contributed by atoms with Gasteiger partial charge in [0.1, 0.15) is 17.3 Å². The largest absolute Gasteiger partial charge is 0.465 e. The van der Waals surface area contributed by atoms with Crippen molar-refractivity contribution in [3.63, 3.8) is 0 Å². The average molecular weight is 346 g/mol. The maximum absolute atomic E-state index is 14.5. The standard InChI is InChI=1S/C17H16F2N4O2/c1-9-6-11(22-16(24)14-3-2-10(18)8-21-14)7-12(15(9)19)13-4-5-25-17(20)23-13/h2-3,6-8,13H,4-5H2,1H3,(H2,20,23)(H,22,24)/t13-/m0/s1. The summed E-state index contributed by atoms with van der Waals surface area (Å²) in [7, 11) is 0. The predicted octanol–water partition coefficient (Wildman–Crippen LogP) is 2.70. The van der Waals surface area contributed by atoms with Gasteiger partial charge in [-0.25, -0.2) is 18.8 Å². The van der Waals surface area contributed by atoms with Gasteiger partial charge >= 0.3 is 0 Å². The van der Waals surface area contributed by atoms with Crippen LogP contribution in [0.1, 0.15) is 34.1 Å². The van der Waals surface area contributed by atoms with Crippen LogP contribution in [0.3, 0.4) is 0 Å². The van der Waals surface area contributed by atoms with Crippen LogP contribution in [0.25, 0.3) is 0 Å². The third-order valence-electron chi connectivity index (χ3n) is 3.78. The number of carbonyl (C=O) groups is 1. The number of aliphatic imine (C=N–C) groups is 1. The molecule has 6 nitrogen and oxygen atoms in total. The molecule has 1 aromatic heterocycles. The lowest BCUT2D eigenvalue weighted by Crippen LogP contribution is -2.24. The van der Waals surface area contributed by atoms with E-state index in [1.165, 1.54) is 18.2 Å². The van der Waals surface area contributed by atoms with Crippen molar-refractivity contribution in [1.82, 2.24) is 4.98 Å². The number of hydrogen-bond donors (Lipinski definition) is 2. The van der Waals surface area contributed by atoms with E-state index in [-0.39, 0.29) is 11.7 Å². The number of aromatic nitrogens is 1. The molecule has 1 amide bonds. The zero-order valence-corrected chi connectivity index (χ0v) is 13.4. The molecular formula is C17H16F2N4O2. The van der Waals surface area contributed by atoms with E-state index in [2.05, 4.69) is 15.3 Å². The fourth-order valence-electron chi connectivity index (χ4n) is 2.57. The molecule has 1 aromatic carbocycles. The van der Waals surface area contributed by atoms with Gasteiger partial charge in [-0.15, -0.1) is 0 Å². The lowest BCUT2D eigenvalue weighted by Gasteiger charge is -2.21. The Hall–Kier alpha value is -3.03. The molecule has 1 aliphatic rings. The van der Waals surface area contributed by atoms with Crippen LogP contribution in [-0.4, -0.2) is 23.5 Å². The fourth-order valence-corrected chi connectivity index (χ4v) is 2.57. The minimum atomic E-state index is -0.536. The molecule has 0 aliphatic carbocycles. The molecule has 2 heterocycles. The Kier molecular flexibility index (Phi) is 4.60. The smallest absolute Gasteiger partial charge is 0.282 e. The summed E-state index contributed by atoms with van der Waals surface area (Å²) in [6.45, 7) is 1.94. The van der Waals surface area contributed by atoms with Gasteiger partial charge in [0.25, 0.3) is 11.9 Å². The number of halogens is 2. The SMILES string of the molecule is Cc1cc(NC(=O)c2ccc(F)cn2)cc([C@@H]2CCOC(N)=N2)c1F. The first-order valence-electron chi connectivity index (χ1n) is 7.63. The van der Waals surface area contributed by atoms with Gasteiger partial charge < -0.3 is 15.8 Å². The predicted molar refractivity (Wildman–Crippen MR) is 88.2 cm³/mol. The van der Waals surface area contributed by atoms with E-state index in [0.717, 1.165) is 12.3 Å². The highest BCUT2D eigenvalue weighted by Crippen LogP contribution is 2.30. The van der Waals surface area contributed by atoms with Crippen LogP contribution in [-0.2, 0) is 4.74 Å². The molecule has 130 valence electrons. The number of anilines is 1. The van der Waals surface area contributed by atoms with Crippen molar-refractivity contribution in [3.8, 4) is 0 Å². The minimum Gasteiger partial charge on any atom is -0.465 e. The topological polar surface area (TPSA) is 89.6 Å². The summed E-state index contributed by atoms with van der Waals surface area (Å²) in [5.74, 6) is -1.46. The van der Waals surface area contributed by atoms with Gasteiger partial charge in [-0.2, -0.15) is 0 Å². The third-order valence-corrected chi connectivity index (χ3v) is 3.78. The van der Waals surface area contributed by atoms with Gasteiger partial charge in [0.15, 0.2) is 0 Å². The number of ether oxygens (including phenoxy) is 1. The summed E-state index contributed by atoms with van der Waals surface area (Å²) < 4.78 is 32.4. The number of rotatable bonds is 3. The second kappa shape index (κ2) is 6.84. The number of nitrogens with one attached hydrogen (secondary N) is 1. The second-order valence-corrected chi connectivity index (χ2v) is 5.63. The van der Waals surface area contributed by atoms with Gasteiger partial charge in [-0.05, 0) is 36.8 Å². The summed E-state index contributed by atoms with van der Waals surface area (Å²) in [5.41, 5.74) is 6.69. The Labute approximate surface area is 142 Å². The fraction of sp³-hybridized carbons (Fsp3) is 0.235. The summed E-state index contributed by atoms with van der Waals surface area (Å²) in [6.07, 6.45) is 1.43.